The second-order valence-corrected chi connectivity index (χ2v) is 5.69. The van der Waals surface area contributed by atoms with Crippen molar-refractivity contribution in [2.24, 2.45) is 4.99 Å². The van der Waals surface area contributed by atoms with Crippen LogP contribution in [0.3, 0.4) is 0 Å². The molecule has 0 aromatic heterocycles. The first-order valence-corrected chi connectivity index (χ1v) is 7.92. The lowest BCUT2D eigenvalue weighted by molar-refractivity contribution is 0.340. The third kappa shape index (κ3) is 3.44. The zero-order chi connectivity index (χ0) is 13.7. The maximum atomic E-state index is 5.51. The number of hydrogen-bond donors (Lipinski definition) is 1. The first kappa shape index (κ1) is 14.3. The summed E-state index contributed by atoms with van der Waals surface area (Å²) >= 11 is 1.81. The number of rotatable bonds is 5. The molecule has 1 aromatic carbocycles. The van der Waals surface area contributed by atoms with Crippen molar-refractivity contribution in [3.8, 4) is 5.75 Å². The van der Waals surface area contributed by atoms with Gasteiger partial charge in [0, 0.05) is 17.5 Å². The molecule has 4 heteroatoms. The van der Waals surface area contributed by atoms with Gasteiger partial charge >= 0.3 is 0 Å². The third-order valence-electron chi connectivity index (χ3n) is 3.53. The fourth-order valence-corrected chi connectivity index (χ4v) is 3.44. The summed E-state index contributed by atoms with van der Waals surface area (Å²) in [5.41, 5.74) is 1.17. The van der Waals surface area contributed by atoms with E-state index in [4.69, 9.17) is 9.73 Å². The third-order valence-corrected chi connectivity index (χ3v) is 4.68. The number of anilines is 1. The van der Waals surface area contributed by atoms with Gasteiger partial charge in [-0.3, -0.25) is 4.99 Å². The monoisotopic (exact) mass is 278 g/mol. The Morgan fingerprint density at radius 2 is 2.11 bits per heavy atom. The number of thioether (sulfide) groups is 1. The molecule has 1 aromatic rings. The summed E-state index contributed by atoms with van der Waals surface area (Å²) in [4.78, 5) is 4.86. The van der Waals surface area contributed by atoms with Crippen LogP contribution >= 0.6 is 11.8 Å². The zero-order valence-electron chi connectivity index (χ0n) is 11.9. The summed E-state index contributed by atoms with van der Waals surface area (Å²) in [6.07, 6.45) is 2.20. The quantitative estimate of drug-likeness (QED) is 0.878. The lowest BCUT2D eigenvalue weighted by atomic mass is 9.97. The highest BCUT2D eigenvalue weighted by Gasteiger charge is 2.32. The highest BCUT2D eigenvalue weighted by Crippen LogP contribution is 2.34. The van der Waals surface area contributed by atoms with Gasteiger partial charge < -0.3 is 10.1 Å². The van der Waals surface area contributed by atoms with Crippen molar-refractivity contribution in [3.05, 3.63) is 24.3 Å². The summed E-state index contributed by atoms with van der Waals surface area (Å²) in [7, 11) is 0. The molecule has 0 bridgehead atoms. The number of ether oxygens (including phenoxy) is 1. The molecular formula is C15H22N2OS. The largest absolute Gasteiger partial charge is 0.494 e. The van der Waals surface area contributed by atoms with Gasteiger partial charge in [-0.1, -0.05) is 31.7 Å². The molecule has 2 rings (SSSR count). The molecule has 0 atom stereocenters. The van der Waals surface area contributed by atoms with E-state index in [1.807, 2.05) is 43.0 Å². The van der Waals surface area contributed by atoms with Crippen LogP contribution in [0.25, 0.3) is 0 Å². The van der Waals surface area contributed by atoms with Crippen molar-refractivity contribution in [3.63, 3.8) is 0 Å². The number of amidine groups is 1. The molecule has 3 nitrogen and oxygen atoms in total. The molecule has 0 spiro atoms. The molecule has 1 N–H and O–H groups in total. The number of aliphatic imine (C=N–C) groups is 1. The van der Waals surface area contributed by atoms with E-state index in [-0.39, 0.29) is 5.54 Å². The summed E-state index contributed by atoms with van der Waals surface area (Å²) in [5, 5.41) is 4.42. The van der Waals surface area contributed by atoms with Crippen LogP contribution in [-0.2, 0) is 0 Å². The fourth-order valence-electron chi connectivity index (χ4n) is 2.11. The van der Waals surface area contributed by atoms with Crippen LogP contribution in [0, 0.1) is 0 Å². The second-order valence-electron chi connectivity index (χ2n) is 4.72. The predicted molar refractivity (Wildman–Crippen MR) is 84.4 cm³/mol. The number of hydrogen-bond acceptors (Lipinski definition) is 4. The van der Waals surface area contributed by atoms with Crippen molar-refractivity contribution >= 4 is 22.6 Å². The van der Waals surface area contributed by atoms with Gasteiger partial charge in [-0.05, 0) is 31.9 Å². The van der Waals surface area contributed by atoms with Crippen LogP contribution in [0.2, 0.25) is 0 Å². The van der Waals surface area contributed by atoms with Crippen LogP contribution in [0.5, 0.6) is 5.75 Å². The topological polar surface area (TPSA) is 33.6 Å². The molecule has 1 aliphatic heterocycles. The van der Waals surface area contributed by atoms with Gasteiger partial charge in [0.25, 0.3) is 0 Å². The van der Waals surface area contributed by atoms with E-state index in [1.165, 1.54) is 0 Å². The Labute approximate surface area is 119 Å². The Kier molecular flexibility index (Phi) is 4.75. The molecular weight excluding hydrogens is 256 g/mol. The molecule has 104 valence electrons. The fraction of sp³-hybridized carbons (Fsp3) is 0.533. The standard InChI is InChI=1S/C15H22N2OS/c1-4-15(5-2)11-19-14(17-15)16-12-8-7-9-13(10-12)18-6-3/h7-10H,4-6,11H2,1-3H3,(H,16,17). The summed E-state index contributed by atoms with van der Waals surface area (Å²) in [6, 6.07) is 8.04. The van der Waals surface area contributed by atoms with Gasteiger partial charge in [0.2, 0.25) is 0 Å². The molecule has 0 saturated carbocycles. The van der Waals surface area contributed by atoms with Crippen molar-refractivity contribution in [2.75, 3.05) is 17.7 Å². The molecule has 0 fully saturated rings. The van der Waals surface area contributed by atoms with Crippen LogP contribution in [0.15, 0.2) is 29.3 Å². The molecule has 0 saturated heterocycles. The van der Waals surface area contributed by atoms with Crippen LogP contribution in [-0.4, -0.2) is 23.1 Å². The van der Waals surface area contributed by atoms with Crippen LogP contribution in [0.4, 0.5) is 5.69 Å². The molecule has 19 heavy (non-hydrogen) atoms. The van der Waals surface area contributed by atoms with E-state index in [9.17, 15) is 0 Å². The first-order valence-electron chi connectivity index (χ1n) is 6.94. The highest BCUT2D eigenvalue weighted by molar-refractivity contribution is 8.14. The first-order chi connectivity index (χ1) is 9.21. The lowest BCUT2D eigenvalue weighted by Gasteiger charge is -2.20. The highest BCUT2D eigenvalue weighted by atomic mass is 32.2. The van der Waals surface area contributed by atoms with Gasteiger partial charge in [-0.15, -0.1) is 0 Å². The van der Waals surface area contributed by atoms with E-state index in [0.29, 0.717) is 6.61 Å². The average molecular weight is 278 g/mol. The Hall–Kier alpha value is -1.16. The normalized spacial score (nSPS) is 17.1. The Morgan fingerprint density at radius 3 is 2.74 bits per heavy atom. The minimum absolute atomic E-state index is 0.129. The number of nitrogens with one attached hydrogen (secondary N) is 1. The smallest absolute Gasteiger partial charge is 0.161 e. The average Bonchev–Trinajstić information content (AvgIpc) is 2.84. The van der Waals surface area contributed by atoms with Gasteiger partial charge in [-0.25, -0.2) is 0 Å². The Bertz CT molecular complexity index is 455. The van der Waals surface area contributed by atoms with Crippen molar-refractivity contribution in [2.45, 2.75) is 39.2 Å². The summed E-state index contributed by atoms with van der Waals surface area (Å²) in [6.45, 7) is 7.11. The van der Waals surface area contributed by atoms with E-state index in [2.05, 4.69) is 19.2 Å². The predicted octanol–water partition coefficient (Wildman–Crippen LogP) is 4.16. The minimum Gasteiger partial charge on any atom is -0.494 e. The van der Waals surface area contributed by atoms with E-state index in [0.717, 1.165) is 35.2 Å². The Balaban J connectivity index is 2.07. The number of nitrogens with zero attached hydrogens (tertiary/aromatic N) is 1. The molecule has 0 unspecified atom stereocenters. The molecule has 0 aliphatic carbocycles. The SMILES string of the molecule is CCOc1cccc(NC2=NC(CC)(CC)CS2)c1. The van der Waals surface area contributed by atoms with Gasteiger partial charge in [0.1, 0.15) is 5.75 Å². The van der Waals surface area contributed by atoms with Crippen molar-refractivity contribution < 1.29 is 4.74 Å². The zero-order valence-corrected chi connectivity index (χ0v) is 12.7. The second kappa shape index (κ2) is 6.33. The number of benzene rings is 1. The van der Waals surface area contributed by atoms with Gasteiger partial charge in [0.15, 0.2) is 5.17 Å². The van der Waals surface area contributed by atoms with E-state index >= 15 is 0 Å². The minimum atomic E-state index is 0.129. The van der Waals surface area contributed by atoms with Crippen molar-refractivity contribution in [1.82, 2.24) is 0 Å². The van der Waals surface area contributed by atoms with E-state index < -0.39 is 0 Å². The van der Waals surface area contributed by atoms with Crippen LogP contribution < -0.4 is 10.1 Å². The molecule has 1 aliphatic rings. The molecule has 0 radical (unpaired) electrons. The molecule has 1 heterocycles. The van der Waals surface area contributed by atoms with E-state index in [1.54, 1.807) is 0 Å². The summed E-state index contributed by atoms with van der Waals surface area (Å²) < 4.78 is 5.51. The van der Waals surface area contributed by atoms with Crippen molar-refractivity contribution in [1.29, 1.82) is 0 Å². The maximum absolute atomic E-state index is 5.51. The van der Waals surface area contributed by atoms with Gasteiger partial charge in [0.05, 0.1) is 12.1 Å². The van der Waals surface area contributed by atoms with Crippen LogP contribution in [0.1, 0.15) is 33.6 Å². The van der Waals surface area contributed by atoms with Gasteiger partial charge in [-0.2, -0.15) is 0 Å². The molecule has 0 amide bonds. The lowest BCUT2D eigenvalue weighted by Crippen LogP contribution is -2.24. The Morgan fingerprint density at radius 1 is 1.32 bits per heavy atom. The maximum Gasteiger partial charge on any atom is 0.161 e. The summed E-state index contributed by atoms with van der Waals surface area (Å²) in [5.74, 6) is 1.97.